The van der Waals surface area contributed by atoms with Crippen LogP contribution >= 0.6 is 0 Å². The summed E-state index contributed by atoms with van der Waals surface area (Å²) in [5.41, 5.74) is 3.64. The molecule has 0 fully saturated rings. The van der Waals surface area contributed by atoms with E-state index in [1.54, 1.807) is 12.1 Å². The number of rotatable bonds is 7. The van der Waals surface area contributed by atoms with Gasteiger partial charge >= 0.3 is 0 Å². The average Bonchev–Trinajstić information content (AvgIpc) is 2.60. The van der Waals surface area contributed by atoms with E-state index in [-0.39, 0.29) is 11.9 Å². The second-order valence-corrected chi connectivity index (χ2v) is 8.82. The molecule has 0 aromatic heterocycles. The minimum Gasteiger partial charge on any atom is -0.348 e. The van der Waals surface area contributed by atoms with E-state index in [2.05, 4.69) is 5.32 Å². The molecule has 146 valence electrons. The van der Waals surface area contributed by atoms with Gasteiger partial charge in [0.2, 0.25) is 15.9 Å². The second-order valence-electron chi connectivity index (χ2n) is 6.96. The molecule has 0 aliphatic heterocycles. The highest BCUT2D eigenvalue weighted by atomic mass is 32.2. The number of benzene rings is 2. The summed E-state index contributed by atoms with van der Waals surface area (Å²) in [5, 5.41) is 2.96. The van der Waals surface area contributed by atoms with Crippen LogP contribution in [-0.4, -0.2) is 26.6 Å². The molecule has 2 unspecified atom stereocenters. The first-order chi connectivity index (χ1) is 12.6. The molecule has 27 heavy (non-hydrogen) atoms. The number of amides is 1. The van der Waals surface area contributed by atoms with Crippen LogP contribution in [0.2, 0.25) is 0 Å². The Kier molecular flexibility index (Phi) is 6.65. The Balaban J connectivity index is 2.28. The van der Waals surface area contributed by atoms with E-state index < -0.39 is 16.1 Å². The Hall–Kier alpha value is -2.34. The Labute approximate surface area is 162 Å². The summed E-state index contributed by atoms with van der Waals surface area (Å²) in [4.78, 5) is 12.9. The minimum absolute atomic E-state index is 0.216. The predicted molar refractivity (Wildman–Crippen MR) is 110 cm³/mol. The van der Waals surface area contributed by atoms with Crippen LogP contribution in [0.25, 0.3) is 0 Å². The van der Waals surface area contributed by atoms with Crippen molar-refractivity contribution in [2.45, 2.75) is 46.2 Å². The number of carbonyl (C=O) groups is 1. The molecule has 1 amide bonds. The lowest BCUT2D eigenvalue weighted by Crippen LogP contribution is -2.49. The van der Waals surface area contributed by atoms with Crippen molar-refractivity contribution in [3.63, 3.8) is 0 Å². The zero-order valence-electron chi connectivity index (χ0n) is 16.6. The van der Waals surface area contributed by atoms with Gasteiger partial charge in [-0.2, -0.15) is 0 Å². The predicted octanol–water partition coefficient (Wildman–Crippen LogP) is 3.73. The van der Waals surface area contributed by atoms with Crippen LogP contribution in [-0.2, 0) is 14.8 Å². The van der Waals surface area contributed by atoms with Crippen molar-refractivity contribution in [1.82, 2.24) is 5.32 Å². The number of nitrogens with one attached hydrogen (secondary N) is 1. The van der Waals surface area contributed by atoms with Gasteiger partial charge in [0.15, 0.2) is 0 Å². The fourth-order valence-electron chi connectivity index (χ4n) is 3.00. The van der Waals surface area contributed by atoms with Crippen molar-refractivity contribution in [1.29, 1.82) is 0 Å². The van der Waals surface area contributed by atoms with Crippen molar-refractivity contribution < 1.29 is 13.2 Å². The van der Waals surface area contributed by atoms with Crippen LogP contribution in [0, 0.1) is 13.8 Å². The van der Waals surface area contributed by atoms with E-state index in [0.29, 0.717) is 12.1 Å². The normalized spacial score (nSPS) is 13.7. The quantitative estimate of drug-likeness (QED) is 0.786. The molecule has 0 radical (unpaired) electrons. The molecule has 2 aromatic carbocycles. The molecule has 0 aliphatic carbocycles. The van der Waals surface area contributed by atoms with E-state index >= 15 is 0 Å². The number of anilines is 1. The monoisotopic (exact) mass is 388 g/mol. The Bertz CT molecular complexity index is 875. The molecule has 2 rings (SSSR count). The SMILES string of the molecule is CCC(C(=O)NC(C)c1ccc(C)cc1)N(c1ccc(C)cc1)S(C)(=O)=O. The van der Waals surface area contributed by atoms with E-state index in [9.17, 15) is 13.2 Å². The zero-order chi connectivity index (χ0) is 20.2. The van der Waals surface area contributed by atoms with Gasteiger partial charge in [-0.05, 0) is 44.9 Å². The molecule has 0 heterocycles. The maximum atomic E-state index is 12.9. The van der Waals surface area contributed by atoms with Gasteiger partial charge in [-0.3, -0.25) is 9.10 Å². The topological polar surface area (TPSA) is 66.5 Å². The van der Waals surface area contributed by atoms with Gasteiger partial charge in [0.05, 0.1) is 18.0 Å². The summed E-state index contributed by atoms with van der Waals surface area (Å²) >= 11 is 0. The third kappa shape index (κ3) is 5.32. The van der Waals surface area contributed by atoms with Crippen molar-refractivity contribution in [3.05, 3.63) is 65.2 Å². The first kappa shape index (κ1) is 21.0. The number of aryl methyl sites for hydroxylation is 2. The number of sulfonamides is 1. The Morgan fingerprint density at radius 2 is 1.48 bits per heavy atom. The standard InChI is InChI=1S/C21H28N2O3S/c1-6-20(21(24)22-17(4)18-11-7-15(2)8-12-18)23(27(5,25)26)19-13-9-16(3)10-14-19/h7-14,17,20H,6H2,1-5H3,(H,22,24). The third-order valence-electron chi connectivity index (χ3n) is 4.55. The lowest BCUT2D eigenvalue weighted by Gasteiger charge is -2.31. The molecule has 0 saturated heterocycles. The molecule has 1 N–H and O–H groups in total. The number of carbonyl (C=O) groups excluding carboxylic acids is 1. The highest BCUT2D eigenvalue weighted by molar-refractivity contribution is 7.92. The molecule has 2 aromatic rings. The zero-order valence-corrected chi connectivity index (χ0v) is 17.4. The Morgan fingerprint density at radius 1 is 1.00 bits per heavy atom. The molecular formula is C21H28N2O3S. The smallest absolute Gasteiger partial charge is 0.244 e. The van der Waals surface area contributed by atoms with Gasteiger partial charge in [-0.1, -0.05) is 54.4 Å². The lowest BCUT2D eigenvalue weighted by atomic mass is 10.1. The second kappa shape index (κ2) is 8.57. The van der Waals surface area contributed by atoms with Crippen LogP contribution < -0.4 is 9.62 Å². The maximum absolute atomic E-state index is 12.9. The first-order valence-electron chi connectivity index (χ1n) is 9.06. The molecule has 0 bridgehead atoms. The fourth-order valence-corrected chi connectivity index (χ4v) is 4.21. The van der Waals surface area contributed by atoms with Crippen LogP contribution in [0.15, 0.2) is 48.5 Å². The van der Waals surface area contributed by atoms with E-state index in [4.69, 9.17) is 0 Å². The third-order valence-corrected chi connectivity index (χ3v) is 5.73. The molecule has 5 nitrogen and oxygen atoms in total. The maximum Gasteiger partial charge on any atom is 0.244 e. The molecule has 0 saturated carbocycles. The molecule has 0 aliphatic rings. The van der Waals surface area contributed by atoms with Gasteiger partial charge in [-0.25, -0.2) is 8.42 Å². The van der Waals surface area contributed by atoms with E-state index in [1.165, 1.54) is 4.31 Å². The fraction of sp³-hybridized carbons (Fsp3) is 0.381. The van der Waals surface area contributed by atoms with Gasteiger partial charge in [0, 0.05) is 0 Å². The number of hydrogen-bond donors (Lipinski definition) is 1. The lowest BCUT2D eigenvalue weighted by molar-refractivity contribution is -0.122. The molecule has 6 heteroatoms. The highest BCUT2D eigenvalue weighted by Gasteiger charge is 2.32. The summed E-state index contributed by atoms with van der Waals surface area (Å²) in [6.07, 6.45) is 1.50. The number of nitrogens with zero attached hydrogens (tertiary/aromatic N) is 1. The molecular weight excluding hydrogens is 360 g/mol. The van der Waals surface area contributed by atoms with E-state index in [1.807, 2.05) is 64.1 Å². The first-order valence-corrected chi connectivity index (χ1v) is 10.9. The van der Waals surface area contributed by atoms with Gasteiger partial charge in [-0.15, -0.1) is 0 Å². The van der Waals surface area contributed by atoms with Crippen LogP contribution in [0.1, 0.15) is 43.0 Å². The van der Waals surface area contributed by atoms with Gasteiger partial charge in [0.1, 0.15) is 6.04 Å². The summed E-state index contributed by atoms with van der Waals surface area (Å²) in [7, 11) is -3.62. The summed E-state index contributed by atoms with van der Waals surface area (Å²) in [6.45, 7) is 7.65. The highest BCUT2D eigenvalue weighted by Crippen LogP contribution is 2.24. The minimum atomic E-state index is -3.62. The average molecular weight is 389 g/mol. The van der Waals surface area contributed by atoms with Gasteiger partial charge < -0.3 is 5.32 Å². The van der Waals surface area contributed by atoms with Gasteiger partial charge in [0.25, 0.3) is 0 Å². The van der Waals surface area contributed by atoms with Crippen molar-refractivity contribution >= 4 is 21.6 Å². The van der Waals surface area contributed by atoms with Crippen molar-refractivity contribution in [2.24, 2.45) is 0 Å². The summed E-state index contributed by atoms with van der Waals surface area (Å²) in [5.74, 6) is -0.309. The van der Waals surface area contributed by atoms with E-state index in [0.717, 1.165) is 22.9 Å². The molecule has 0 spiro atoms. The van der Waals surface area contributed by atoms with Crippen LogP contribution in [0.5, 0.6) is 0 Å². The van der Waals surface area contributed by atoms with Crippen LogP contribution in [0.3, 0.4) is 0 Å². The summed E-state index contributed by atoms with van der Waals surface area (Å²) in [6, 6.07) is 14.0. The largest absolute Gasteiger partial charge is 0.348 e. The van der Waals surface area contributed by atoms with Crippen molar-refractivity contribution in [3.8, 4) is 0 Å². The van der Waals surface area contributed by atoms with Crippen LogP contribution in [0.4, 0.5) is 5.69 Å². The molecule has 2 atom stereocenters. The Morgan fingerprint density at radius 3 is 1.93 bits per heavy atom. The summed E-state index contributed by atoms with van der Waals surface area (Å²) < 4.78 is 26.1. The number of hydrogen-bond acceptors (Lipinski definition) is 3. The van der Waals surface area contributed by atoms with Crippen molar-refractivity contribution in [2.75, 3.05) is 10.6 Å².